The summed E-state index contributed by atoms with van der Waals surface area (Å²) in [6.45, 7) is 6.53. The second-order valence-electron chi connectivity index (χ2n) is 5.55. The van der Waals surface area contributed by atoms with Gasteiger partial charge in [-0.2, -0.15) is 5.26 Å². The lowest BCUT2D eigenvalue weighted by atomic mass is 10.2. The number of rotatable bonds is 4. The number of carbonyl (C=O) groups excluding carboxylic acids is 1. The Kier molecular flexibility index (Phi) is 3.21. The summed E-state index contributed by atoms with van der Waals surface area (Å²) in [5.74, 6) is -0.170. The molecule has 0 heterocycles. The fraction of sp³-hybridized carbons (Fsp3) is 0.800. The molecule has 5 heteroatoms. The fourth-order valence-corrected chi connectivity index (χ4v) is 2.98. The molecule has 0 aromatic carbocycles. The summed E-state index contributed by atoms with van der Waals surface area (Å²) in [5.41, 5.74) is 5.22. The van der Waals surface area contributed by atoms with E-state index in [2.05, 4.69) is 31.0 Å². The van der Waals surface area contributed by atoms with Gasteiger partial charge in [0.05, 0.1) is 12.1 Å². The van der Waals surface area contributed by atoms with Crippen molar-refractivity contribution in [3.05, 3.63) is 0 Å². The standard InChI is InChI=1S/C10H19N3OSi/c1-15(2,3)6-8(12)9(14)13-10(7-11)4-5-10/h8H,4-6,12H2,1-3H3,(H,13,14). The van der Waals surface area contributed by atoms with Crippen LogP contribution in [0.25, 0.3) is 0 Å². The average molecular weight is 225 g/mol. The molecule has 3 N–H and O–H groups in total. The van der Waals surface area contributed by atoms with Gasteiger partial charge in [-0.3, -0.25) is 4.79 Å². The molecule has 15 heavy (non-hydrogen) atoms. The zero-order valence-electron chi connectivity index (χ0n) is 9.63. The highest BCUT2D eigenvalue weighted by Gasteiger charge is 2.45. The van der Waals surface area contributed by atoms with Crippen LogP contribution in [0.1, 0.15) is 12.8 Å². The molecular weight excluding hydrogens is 206 g/mol. The maximum Gasteiger partial charge on any atom is 0.237 e. The summed E-state index contributed by atoms with van der Waals surface area (Å²) >= 11 is 0. The first-order chi connectivity index (χ1) is 6.78. The quantitative estimate of drug-likeness (QED) is 0.695. The Hall–Kier alpha value is -0.863. The maximum absolute atomic E-state index is 11.7. The van der Waals surface area contributed by atoms with Crippen LogP contribution in [0.3, 0.4) is 0 Å². The third-order valence-electron chi connectivity index (χ3n) is 2.50. The van der Waals surface area contributed by atoms with Gasteiger partial charge in [0.1, 0.15) is 5.54 Å². The van der Waals surface area contributed by atoms with Gasteiger partial charge in [-0.15, -0.1) is 0 Å². The minimum absolute atomic E-state index is 0.170. The molecule has 4 nitrogen and oxygen atoms in total. The Labute approximate surface area is 91.8 Å². The first-order valence-electron chi connectivity index (χ1n) is 5.27. The maximum atomic E-state index is 11.7. The van der Waals surface area contributed by atoms with Crippen molar-refractivity contribution in [2.75, 3.05) is 0 Å². The lowest BCUT2D eigenvalue weighted by Crippen LogP contribution is -2.48. The normalized spacial score (nSPS) is 20.2. The fourth-order valence-electron chi connectivity index (χ4n) is 1.47. The predicted octanol–water partition coefficient (Wildman–Crippen LogP) is 0.824. The molecule has 0 bridgehead atoms. The minimum Gasteiger partial charge on any atom is -0.336 e. The predicted molar refractivity (Wildman–Crippen MR) is 61.8 cm³/mol. The molecule has 0 spiro atoms. The van der Waals surface area contributed by atoms with Crippen LogP contribution < -0.4 is 11.1 Å². The van der Waals surface area contributed by atoms with E-state index in [0.29, 0.717) is 0 Å². The summed E-state index contributed by atoms with van der Waals surface area (Å²) < 4.78 is 0. The number of nitrogens with one attached hydrogen (secondary N) is 1. The second kappa shape index (κ2) is 3.95. The molecule has 1 aliphatic rings. The highest BCUT2D eigenvalue weighted by molar-refractivity contribution is 6.76. The molecule has 0 saturated heterocycles. The number of nitrogens with two attached hydrogens (primary N) is 1. The van der Waals surface area contributed by atoms with Crippen LogP contribution in [0.2, 0.25) is 25.7 Å². The Morgan fingerprint density at radius 3 is 2.47 bits per heavy atom. The average Bonchev–Trinajstić information content (AvgIpc) is 2.82. The molecule has 0 aliphatic heterocycles. The van der Waals surface area contributed by atoms with E-state index in [1.54, 1.807) is 0 Å². The topological polar surface area (TPSA) is 78.9 Å². The third-order valence-corrected chi connectivity index (χ3v) is 4.16. The first kappa shape index (κ1) is 12.2. The lowest BCUT2D eigenvalue weighted by Gasteiger charge is -2.21. The Balaban J connectivity index is 2.45. The van der Waals surface area contributed by atoms with E-state index in [4.69, 9.17) is 11.0 Å². The molecule has 0 aromatic rings. The van der Waals surface area contributed by atoms with Gasteiger partial charge in [0.15, 0.2) is 0 Å². The van der Waals surface area contributed by atoms with E-state index in [-0.39, 0.29) is 5.91 Å². The highest BCUT2D eigenvalue weighted by atomic mass is 28.3. The zero-order chi connectivity index (χ0) is 11.7. The number of nitriles is 1. The van der Waals surface area contributed by atoms with E-state index in [1.165, 1.54) is 0 Å². The van der Waals surface area contributed by atoms with Crippen LogP contribution >= 0.6 is 0 Å². The summed E-state index contributed by atoms with van der Waals surface area (Å²) in [5, 5.41) is 11.6. The van der Waals surface area contributed by atoms with E-state index < -0.39 is 19.7 Å². The van der Waals surface area contributed by atoms with Crippen LogP contribution in [0.15, 0.2) is 0 Å². The van der Waals surface area contributed by atoms with Gasteiger partial charge < -0.3 is 11.1 Å². The summed E-state index contributed by atoms with van der Waals surface area (Å²) in [6, 6.07) is 2.43. The van der Waals surface area contributed by atoms with Gasteiger partial charge in [0.25, 0.3) is 0 Å². The van der Waals surface area contributed by atoms with Gasteiger partial charge in [-0.25, -0.2) is 0 Å². The number of carbonyl (C=O) groups is 1. The Morgan fingerprint density at radius 2 is 2.13 bits per heavy atom. The minimum atomic E-state index is -1.32. The molecular formula is C10H19N3OSi. The molecule has 1 amide bonds. The van der Waals surface area contributed by atoms with Crippen molar-refractivity contribution in [2.24, 2.45) is 5.73 Å². The van der Waals surface area contributed by atoms with Gasteiger partial charge in [-0.1, -0.05) is 19.6 Å². The molecule has 1 fully saturated rings. The summed E-state index contributed by atoms with van der Waals surface area (Å²) in [4.78, 5) is 11.7. The molecule has 1 unspecified atom stereocenters. The zero-order valence-corrected chi connectivity index (χ0v) is 10.6. The molecule has 1 rings (SSSR count). The molecule has 1 aliphatic carbocycles. The summed E-state index contributed by atoms with van der Waals surface area (Å²) in [7, 11) is -1.32. The van der Waals surface area contributed by atoms with Gasteiger partial charge in [0.2, 0.25) is 5.91 Å². The third kappa shape index (κ3) is 3.65. The molecule has 1 atom stereocenters. The van der Waals surface area contributed by atoms with Crippen molar-refractivity contribution in [3.63, 3.8) is 0 Å². The van der Waals surface area contributed by atoms with Crippen LogP contribution in [0.5, 0.6) is 0 Å². The van der Waals surface area contributed by atoms with Crippen LogP contribution in [-0.2, 0) is 4.79 Å². The van der Waals surface area contributed by atoms with Crippen molar-refractivity contribution >= 4 is 14.0 Å². The van der Waals surface area contributed by atoms with E-state index in [1.807, 2.05) is 0 Å². The largest absolute Gasteiger partial charge is 0.336 e. The van der Waals surface area contributed by atoms with E-state index >= 15 is 0 Å². The smallest absolute Gasteiger partial charge is 0.237 e. The van der Waals surface area contributed by atoms with Crippen molar-refractivity contribution in [3.8, 4) is 6.07 Å². The van der Waals surface area contributed by atoms with Crippen molar-refractivity contribution in [1.29, 1.82) is 5.26 Å². The molecule has 1 saturated carbocycles. The van der Waals surface area contributed by atoms with Gasteiger partial charge in [-0.05, 0) is 18.9 Å². The number of amides is 1. The molecule has 84 valence electrons. The Bertz CT molecular complexity index is 299. The monoisotopic (exact) mass is 225 g/mol. The van der Waals surface area contributed by atoms with Crippen LogP contribution in [-0.4, -0.2) is 25.6 Å². The summed E-state index contributed by atoms with van der Waals surface area (Å²) in [6.07, 6.45) is 1.52. The number of hydrogen-bond donors (Lipinski definition) is 2. The SMILES string of the molecule is C[Si](C)(C)CC(N)C(=O)NC1(C#N)CC1. The van der Waals surface area contributed by atoms with Crippen molar-refractivity contribution in [1.82, 2.24) is 5.32 Å². The first-order valence-corrected chi connectivity index (χ1v) is 8.98. The second-order valence-corrected chi connectivity index (χ2v) is 11.1. The van der Waals surface area contributed by atoms with Crippen molar-refractivity contribution < 1.29 is 4.79 Å². The highest BCUT2D eigenvalue weighted by Crippen LogP contribution is 2.34. The molecule has 0 aromatic heterocycles. The van der Waals surface area contributed by atoms with Crippen LogP contribution in [0.4, 0.5) is 0 Å². The van der Waals surface area contributed by atoms with Gasteiger partial charge >= 0.3 is 0 Å². The van der Waals surface area contributed by atoms with Crippen LogP contribution in [0, 0.1) is 11.3 Å². The van der Waals surface area contributed by atoms with E-state index in [0.717, 1.165) is 18.9 Å². The van der Waals surface area contributed by atoms with Gasteiger partial charge in [0, 0.05) is 8.07 Å². The molecule has 0 radical (unpaired) electrons. The van der Waals surface area contributed by atoms with E-state index in [9.17, 15) is 4.79 Å². The number of nitrogens with zero attached hydrogens (tertiary/aromatic N) is 1. The van der Waals surface area contributed by atoms with Crippen molar-refractivity contribution in [2.45, 2.75) is 50.1 Å². The number of hydrogen-bond acceptors (Lipinski definition) is 3. The Morgan fingerprint density at radius 1 is 1.60 bits per heavy atom. The lowest BCUT2D eigenvalue weighted by molar-refractivity contribution is -0.122.